The van der Waals surface area contributed by atoms with Gasteiger partial charge in [0.1, 0.15) is 0 Å². The highest BCUT2D eigenvalue weighted by Crippen LogP contribution is 2.60. The summed E-state index contributed by atoms with van der Waals surface area (Å²) in [6.45, 7) is 1.04. The van der Waals surface area contributed by atoms with E-state index in [2.05, 4.69) is 17.4 Å². The maximum absolute atomic E-state index is 13.4. The molecular formula is C28H31N3O. The second-order valence-electron chi connectivity index (χ2n) is 10.5. The third-order valence-electron chi connectivity index (χ3n) is 8.25. The number of carbonyl (C=O) groups excluding carboxylic acids is 1. The summed E-state index contributed by atoms with van der Waals surface area (Å²) in [5.41, 5.74) is 10.9. The highest BCUT2D eigenvalue weighted by Gasteiger charge is 2.52. The van der Waals surface area contributed by atoms with Gasteiger partial charge in [-0.15, -0.1) is 0 Å². The Kier molecular flexibility index (Phi) is 4.80. The molecule has 3 aromatic rings. The van der Waals surface area contributed by atoms with Crippen LogP contribution in [0.25, 0.3) is 10.9 Å². The molecule has 4 aliphatic carbocycles. The monoisotopic (exact) mass is 425 g/mol. The number of nitrogens with zero attached hydrogens (tertiary/aromatic N) is 1. The van der Waals surface area contributed by atoms with E-state index in [0.29, 0.717) is 13.1 Å². The van der Waals surface area contributed by atoms with E-state index in [4.69, 9.17) is 10.7 Å². The fourth-order valence-corrected chi connectivity index (χ4v) is 7.13. The third kappa shape index (κ3) is 3.41. The standard InChI is InChI=1S/C28H31N3O/c29-16-18-5-7-19(8-6-18)17-30-27(32)24-12-26(31-25-4-2-1-3-23(24)25)28-13-20-9-21(14-28)11-22(10-20)15-28/h1-8,12,20-22H,9-11,13-17,29H2,(H,30,32). The molecule has 32 heavy (non-hydrogen) atoms. The van der Waals surface area contributed by atoms with Crippen LogP contribution in [0.1, 0.15) is 65.7 Å². The molecule has 7 rings (SSSR count). The first-order valence-corrected chi connectivity index (χ1v) is 12.1. The van der Waals surface area contributed by atoms with Crippen molar-refractivity contribution >= 4 is 16.8 Å². The molecule has 4 saturated carbocycles. The summed E-state index contributed by atoms with van der Waals surface area (Å²) in [5.74, 6) is 2.53. The van der Waals surface area contributed by atoms with Gasteiger partial charge in [-0.2, -0.15) is 0 Å². The van der Waals surface area contributed by atoms with Gasteiger partial charge in [-0.1, -0.05) is 42.5 Å². The van der Waals surface area contributed by atoms with Gasteiger partial charge >= 0.3 is 0 Å². The van der Waals surface area contributed by atoms with Crippen molar-refractivity contribution in [3.63, 3.8) is 0 Å². The minimum absolute atomic E-state index is 0.0162. The lowest BCUT2D eigenvalue weighted by Gasteiger charge is -2.56. The second kappa shape index (κ2) is 7.70. The first-order valence-electron chi connectivity index (χ1n) is 12.1. The van der Waals surface area contributed by atoms with Crippen LogP contribution >= 0.6 is 0 Å². The fraction of sp³-hybridized carbons (Fsp3) is 0.429. The zero-order chi connectivity index (χ0) is 21.7. The fourth-order valence-electron chi connectivity index (χ4n) is 7.13. The van der Waals surface area contributed by atoms with Crippen LogP contribution in [-0.2, 0) is 18.5 Å². The van der Waals surface area contributed by atoms with Crippen molar-refractivity contribution < 1.29 is 4.79 Å². The molecule has 0 spiro atoms. The molecule has 0 radical (unpaired) electrons. The average Bonchev–Trinajstić information content (AvgIpc) is 2.81. The number of nitrogens with one attached hydrogen (secondary N) is 1. The Morgan fingerprint density at radius 3 is 2.22 bits per heavy atom. The molecule has 0 atom stereocenters. The van der Waals surface area contributed by atoms with Gasteiger partial charge in [0.05, 0.1) is 11.1 Å². The molecule has 2 aromatic carbocycles. The number of rotatable bonds is 5. The van der Waals surface area contributed by atoms with E-state index in [9.17, 15) is 4.79 Å². The zero-order valence-corrected chi connectivity index (χ0v) is 18.5. The number of hydrogen-bond donors (Lipinski definition) is 2. The number of carbonyl (C=O) groups is 1. The van der Waals surface area contributed by atoms with Gasteiger partial charge in [0, 0.05) is 29.6 Å². The maximum Gasteiger partial charge on any atom is 0.252 e. The minimum atomic E-state index is -0.0162. The number of para-hydroxylation sites is 1. The Hall–Kier alpha value is -2.72. The summed E-state index contributed by atoms with van der Waals surface area (Å²) in [6, 6.07) is 18.3. The summed E-state index contributed by atoms with van der Waals surface area (Å²) in [4.78, 5) is 18.5. The van der Waals surface area contributed by atoms with Crippen molar-refractivity contribution in [3.8, 4) is 0 Å². The number of pyridine rings is 1. The molecule has 164 valence electrons. The van der Waals surface area contributed by atoms with Gasteiger partial charge in [0.15, 0.2) is 0 Å². The zero-order valence-electron chi connectivity index (χ0n) is 18.5. The van der Waals surface area contributed by atoms with Crippen LogP contribution < -0.4 is 11.1 Å². The smallest absolute Gasteiger partial charge is 0.252 e. The maximum atomic E-state index is 13.4. The van der Waals surface area contributed by atoms with Crippen LogP contribution in [0.2, 0.25) is 0 Å². The Labute approximate surface area is 189 Å². The van der Waals surface area contributed by atoms with Crippen molar-refractivity contribution in [2.45, 2.75) is 57.0 Å². The molecule has 4 heteroatoms. The van der Waals surface area contributed by atoms with Gasteiger partial charge in [0.2, 0.25) is 0 Å². The van der Waals surface area contributed by atoms with Crippen LogP contribution in [-0.4, -0.2) is 10.9 Å². The Morgan fingerprint density at radius 1 is 0.938 bits per heavy atom. The predicted octanol–water partition coefficient (Wildman–Crippen LogP) is 5.09. The van der Waals surface area contributed by atoms with E-state index in [1.165, 1.54) is 38.5 Å². The molecule has 0 aliphatic heterocycles. The van der Waals surface area contributed by atoms with Crippen LogP contribution in [0.15, 0.2) is 54.6 Å². The van der Waals surface area contributed by atoms with Gasteiger partial charge < -0.3 is 11.1 Å². The molecule has 4 fully saturated rings. The summed E-state index contributed by atoms with van der Waals surface area (Å²) in [7, 11) is 0. The molecular weight excluding hydrogens is 394 g/mol. The van der Waals surface area contributed by atoms with Crippen molar-refractivity contribution in [3.05, 3.63) is 77.0 Å². The SMILES string of the molecule is NCc1ccc(CNC(=O)c2cc(C34CC5CC(CC(C5)C3)C4)nc3ccccc23)cc1. The van der Waals surface area contributed by atoms with Gasteiger partial charge in [-0.25, -0.2) is 0 Å². The molecule has 4 nitrogen and oxygen atoms in total. The molecule has 3 N–H and O–H groups in total. The van der Waals surface area contributed by atoms with Crippen LogP contribution in [0.5, 0.6) is 0 Å². The molecule has 0 unspecified atom stereocenters. The van der Waals surface area contributed by atoms with Crippen LogP contribution in [0.3, 0.4) is 0 Å². The van der Waals surface area contributed by atoms with Crippen LogP contribution in [0.4, 0.5) is 0 Å². The van der Waals surface area contributed by atoms with E-state index < -0.39 is 0 Å². The predicted molar refractivity (Wildman–Crippen MR) is 127 cm³/mol. The third-order valence-corrected chi connectivity index (χ3v) is 8.25. The number of benzene rings is 2. The summed E-state index contributed by atoms with van der Waals surface area (Å²) < 4.78 is 0. The highest BCUT2D eigenvalue weighted by atomic mass is 16.1. The second-order valence-corrected chi connectivity index (χ2v) is 10.5. The normalized spacial score (nSPS) is 28.2. The molecule has 1 amide bonds. The lowest BCUT2D eigenvalue weighted by atomic mass is 9.48. The average molecular weight is 426 g/mol. The van der Waals surface area contributed by atoms with E-state index >= 15 is 0 Å². The topological polar surface area (TPSA) is 68.0 Å². The van der Waals surface area contributed by atoms with E-state index in [-0.39, 0.29) is 11.3 Å². The Balaban J connectivity index is 1.33. The largest absolute Gasteiger partial charge is 0.348 e. The van der Waals surface area contributed by atoms with Crippen molar-refractivity contribution in [1.29, 1.82) is 0 Å². The van der Waals surface area contributed by atoms with Gasteiger partial charge in [-0.3, -0.25) is 9.78 Å². The van der Waals surface area contributed by atoms with Crippen molar-refractivity contribution in [2.75, 3.05) is 0 Å². The minimum Gasteiger partial charge on any atom is -0.348 e. The van der Waals surface area contributed by atoms with E-state index in [0.717, 1.165) is 51.0 Å². The molecule has 4 bridgehead atoms. The molecule has 1 aromatic heterocycles. The lowest BCUT2D eigenvalue weighted by Crippen LogP contribution is -2.49. The first kappa shape index (κ1) is 19.9. The molecule has 1 heterocycles. The van der Waals surface area contributed by atoms with E-state index in [1.807, 2.05) is 42.5 Å². The van der Waals surface area contributed by atoms with E-state index in [1.54, 1.807) is 0 Å². The number of nitrogens with two attached hydrogens (primary N) is 1. The van der Waals surface area contributed by atoms with Crippen LogP contribution in [0, 0.1) is 17.8 Å². The molecule has 4 aliphatic rings. The summed E-state index contributed by atoms with van der Waals surface area (Å²) in [5, 5.41) is 4.09. The highest BCUT2D eigenvalue weighted by molar-refractivity contribution is 6.06. The number of amides is 1. The number of hydrogen-bond acceptors (Lipinski definition) is 3. The van der Waals surface area contributed by atoms with Crippen molar-refractivity contribution in [2.24, 2.45) is 23.5 Å². The molecule has 0 saturated heterocycles. The van der Waals surface area contributed by atoms with Gasteiger partial charge in [0.25, 0.3) is 5.91 Å². The Morgan fingerprint density at radius 2 is 1.56 bits per heavy atom. The van der Waals surface area contributed by atoms with Gasteiger partial charge in [-0.05, 0) is 79.5 Å². The number of aromatic nitrogens is 1. The van der Waals surface area contributed by atoms with Crippen molar-refractivity contribution in [1.82, 2.24) is 10.3 Å². The number of fused-ring (bicyclic) bond motifs is 1. The Bertz CT molecular complexity index is 1130. The first-order chi connectivity index (χ1) is 15.6. The lowest BCUT2D eigenvalue weighted by molar-refractivity contribution is -0.00707. The quantitative estimate of drug-likeness (QED) is 0.598. The summed E-state index contributed by atoms with van der Waals surface area (Å²) in [6.07, 6.45) is 7.96. The summed E-state index contributed by atoms with van der Waals surface area (Å²) >= 11 is 0.